The fraction of sp³-hybridized carbons (Fsp3) is 0.571. The first-order valence-corrected chi connectivity index (χ1v) is 6.64. The van der Waals surface area contributed by atoms with E-state index in [0.29, 0.717) is 17.5 Å². The molecule has 0 aliphatic heterocycles. The van der Waals surface area contributed by atoms with Gasteiger partial charge in [0.1, 0.15) is 6.10 Å². The van der Waals surface area contributed by atoms with Gasteiger partial charge < -0.3 is 15.6 Å². The third-order valence-corrected chi connectivity index (χ3v) is 3.94. The SMILES string of the molecule is CC1CCC(Oc2nc(C(=O)O)ccc2N)CC1C. The summed E-state index contributed by atoms with van der Waals surface area (Å²) in [6, 6.07) is 2.91. The molecular formula is C14H20N2O3. The van der Waals surface area contributed by atoms with Gasteiger partial charge in [0.15, 0.2) is 5.69 Å². The van der Waals surface area contributed by atoms with Crippen molar-refractivity contribution in [1.29, 1.82) is 0 Å². The third kappa shape index (κ3) is 3.16. The number of carboxylic acids is 1. The Morgan fingerprint density at radius 3 is 2.74 bits per heavy atom. The van der Waals surface area contributed by atoms with E-state index in [1.165, 1.54) is 12.1 Å². The van der Waals surface area contributed by atoms with Gasteiger partial charge in [-0.05, 0) is 43.2 Å². The van der Waals surface area contributed by atoms with Gasteiger partial charge >= 0.3 is 5.97 Å². The molecule has 0 aromatic carbocycles. The molecule has 3 N–H and O–H groups in total. The van der Waals surface area contributed by atoms with Crippen LogP contribution in [0.3, 0.4) is 0 Å². The molecule has 0 radical (unpaired) electrons. The highest BCUT2D eigenvalue weighted by atomic mass is 16.5. The second-order valence-electron chi connectivity index (χ2n) is 5.40. The van der Waals surface area contributed by atoms with Gasteiger partial charge in [0.05, 0.1) is 5.69 Å². The number of nitrogens with two attached hydrogens (primary N) is 1. The number of aromatic nitrogens is 1. The zero-order chi connectivity index (χ0) is 14.0. The number of carbonyl (C=O) groups is 1. The summed E-state index contributed by atoms with van der Waals surface area (Å²) in [4.78, 5) is 14.9. The summed E-state index contributed by atoms with van der Waals surface area (Å²) in [5.74, 6) is 0.472. The monoisotopic (exact) mass is 264 g/mol. The van der Waals surface area contributed by atoms with Gasteiger partial charge in [-0.1, -0.05) is 13.8 Å². The number of hydrogen-bond acceptors (Lipinski definition) is 4. The Morgan fingerprint density at radius 2 is 2.11 bits per heavy atom. The standard InChI is InChI=1S/C14H20N2O3/c1-8-3-4-10(7-9(8)2)19-13-11(15)5-6-12(16-13)14(17)18/h5-6,8-10H,3-4,7,15H2,1-2H3,(H,17,18). The number of pyridine rings is 1. The van der Waals surface area contributed by atoms with Crippen LogP contribution in [0.1, 0.15) is 43.6 Å². The van der Waals surface area contributed by atoms with Gasteiger partial charge in [0.2, 0.25) is 5.88 Å². The van der Waals surface area contributed by atoms with Gasteiger partial charge in [-0.3, -0.25) is 0 Å². The van der Waals surface area contributed by atoms with E-state index in [-0.39, 0.29) is 17.7 Å². The van der Waals surface area contributed by atoms with Gasteiger partial charge in [-0.15, -0.1) is 0 Å². The minimum absolute atomic E-state index is 0.0403. The van der Waals surface area contributed by atoms with Crippen LogP contribution in [0.5, 0.6) is 5.88 Å². The number of ether oxygens (including phenoxy) is 1. The highest BCUT2D eigenvalue weighted by Gasteiger charge is 2.26. The molecule has 104 valence electrons. The van der Waals surface area contributed by atoms with E-state index in [2.05, 4.69) is 18.8 Å². The average Bonchev–Trinajstić information content (AvgIpc) is 2.36. The summed E-state index contributed by atoms with van der Waals surface area (Å²) < 4.78 is 5.80. The molecule has 2 rings (SSSR count). The van der Waals surface area contributed by atoms with E-state index in [9.17, 15) is 4.79 Å². The third-order valence-electron chi connectivity index (χ3n) is 3.94. The summed E-state index contributed by atoms with van der Waals surface area (Å²) in [5, 5.41) is 8.92. The van der Waals surface area contributed by atoms with Crippen LogP contribution in [0.15, 0.2) is 12.1 Å². The minimum atomic E-state index is -1.07. The van der Waals surface area contributed by atoms with Gasteiger partial charge in [0, 0.05) is 0 Å². The van der Waals surface area contributed by atoms with Crippen LogP contribution in [-0.2, 0) is 0 Å². The van der Waals surface area contributed by atoms with Crippen molar-refractivity contribution in [2.45, 2.75) is 39.2 Å². The highest BCUT2D eigenvalue weighted by molar-refractivity contribution is 5.86. The number of aromatic carboxylic acids is 1. The molecule has 19 heavy (non-hydrogen) atoms. The molecule has 1 aromatic heterocycles. The van der Waals surface area contributed by atoms with Crippen LogP contribution in [-0.4, -0.2) is 22.2 Å². The number of rotatable bonds is 3. The molecular weight excluding hydrogens is 244 g/mol. The Morgan fingerprint density at radius 1 is 1.37 bits per heavy atom. The van der Waals surface area contributed by atoms with Gasteiger partial charge in [-0.25, -0.2) is 9.78 Å². The van der Waals surface area contributed by atoms with Crippen LogP contribution in [0.2, 0.25) is 0 Å². The van der Waals surface area contributed by atoms with Crippen LogP contribution in [0, 0.1) is 11.8 Å². The molecule has 1 heterocycles. The van der Waals surface area contributed by atoms with Crippen LogP contribution >= 0.6 is 0 Å². The maximum atomic E-state index is 10.9. The molecule has 0 spiro atoms. The zero-order valence-electron chi connectivity index (χ0n) is 11.3. The maximum Gasteiger partial charge on any atom is 0.354 e. The van der Waals surface area contributed by atoms with Crippen LogP contribution < -0.4 is 10.5 Å². The van der Waals surface area contributed by atoms with E-state index < -0.39 is 5.97 Å². The zero-order valence-corrected chi connectivity index (χ0v) is 11.3. The first kappa shape index (κ1) is 13.6. The topological polar surface area (TPSA) is 85.4 Å². The van der Waals surface area contributed by atoms with E-state index in [0.717, 1.165) is 19.3 Å². The molecule has 1 saturated carbocycles. The van der Waals surface area contributed by atoms with Crippen molar-refractivity contribution >= 4 is 11.7 Å². The van der Waals surface area contributed by atoms with E-state index in [1.54, 1.807) is 0 Å². The predicted octanol–water partition coefficient (Wildman–Crippen LogP) is 2.57. The molecule has 1 fully saturated rings. The second kappa shape index (κ2) is 5.47. The lowest BCUT2D eigenvalue weighted by atomic mass is 9.80. The number of hydrogen-bond donors (Lipinski definition) is 2. The summed E-state index contributed by atoms with van der Waals surface area (Å²) in [6.45, 7) is 4.46. The summed E-state index contributed by atoms with van der Waals surface area (Å²) in [6.07, 6.45) is 3.11. The second-order valence-corrected chi connectivity index (χ2v) is 5.40. The largest absolute Gasteiger partial charge is 0.477 e. The smallest absolute Gasteiger partial charge is 0.354 e. The first-order valence-electron chi connectivity index (χ1n) is 6.64. The Hall–Kier alpha value is -1.78. The number of carboxylic acid groups (broad SMARTS) is 1. The van der Waals surface area contributed by atoms with E-state index in [1.807, 2.05) is 0 Å². The van der Waals surface area contributed by atoms with Crippen molar-refractivity contribution in [3.05, 3.63) is 17.8 Å². The highest BCUT2D eigenvalue weighted by Crippen LogP contribution is 2.32. The molecule has 0 saturated heterocycles. The quantitative estimate of drug-likeness (QED) is 0.876. The average molecular weight is 264 g/mol. The molecule has 1 aliphatic rings. The predicted molar refractivity (Wildman–Crippen MR) is 72.2 cm³/mol. The number of nitrogen functional groups attached to an aromatic ring is 1. The maximum absolute atomic E-state index is 10.9. The first-order chi connectivity index (χ1) is 8.97. The molecule has 1 aliphatic carbocycles. The van der Waals surface area contributed by atoms with Crippen molar-refractivity contribution in [3.63, 3.8) is 0 Å². The Bertz CT molecular complexity index is 476. The summed E-state index contributed by atoms with van der Waals surface area (Å²) in [7, 11) is 0. The molecule has 1 aromatic rings. The Kier molecular flexibility index (Phi) is 3.93. The van der Waals surface area contributed by atoms with Crippen LogP contribution in [0.4, 0.5) is 5.69 Å². The molecule has 0 amide bonds. The minimum Gasteiger partial charge on any atom is -0.477 e. The molecule has 5 nitrogen and oxygen atoms in total. The lowest BCUT2D eigenvalue weighted by molar-refractivity contribution is 0.0683. The van der Waals surface area contributed by atoms with Crippen molar-refractivity contribution in [2.75, 3.05) is 5.73 Å². The van der Waals surface area contributed by atoms with Crippen molar-refractivity contribution < 1.29 is 14.6 Å². The molecule has 5 heteroatoms. The Balaban J connectivity index is 2.10. The summed E-state index contributed by atoms with van der Waals surface area (Å²) >= 11 is 0. The lowest BCUT2D eigenvalue weighted by Gasteiger charge is -2.32. The molecule has 3 atom stereocenters. The fourth-order valence-electron chi connectivity index (χ4n) is 2.43. The number of nitrogens with zero attached hydrogens (tertiary/aromatic N) is 1. The molecule has 3 unspecified atom stereocenters. The van der Waals surface area contributed by atoms with Gasteiger partial charge in [-0.2, -0.15) is 0 Å². The van der Waals surface area contributed by atoms with Crippen molar-refractivity contribution in [3.8, 4) is 5.88 Å². The van der Waals surface area contributed by atoms with Crippen LogP contribution in [0.25, 0.3) is 0 Å². The van der Waals surface area contributed by atoms with Crippen molar-refractivity contribution in [2.24, 2.45) is 11.8 Å². The van der Waals surface area contributed by atoms with Gasteiger partial charge in [0.25, 0.3) is 0 Å². The number of anilines is 1. The van der Waals surface area contributed by atoms with E-state index in [4.69, 9.17) is 15.6 Å². The fourth-order valence-corrected chi connectivity index (χ4v) is 2.43. The summed E-state index contributed by atoms with van der Waals surface area (Å²) in [5.41, 5.74) is 6.13. The lowest BCUT2D eigenvalue weighted by Crippen LogP contribution is -2.29. The van der Waals surface area contributed by atoms with E-state index >= 15 is 0 Å². The van der Waals surface area contributed by atoms with Crippen molar-refractivity contribution in [1.82, 2.24) is 4.98 Å². The molecule has 0 bridgehead atoms. The normalized spacial score (nSPS) is 26.9. The Labute approximate surface area is 112 Å².